The summed E-state index contributed by atoms with van der Waals surface area (Å²) in [7, 11) is -3.14. The van der Waals surface area contributed by atoms with Gasteiger partial charge >= 0.3 is 0 Å². The van der Waals surface area contributed by atoms with E-state index in [1.807, 2.05) is 23.1 Å². The number of hydrogen-bond acceptors (Lipinski definition) is 6. The highest BCUT2D eigenvalue weighted by atomic mass is 32.2. The summed E-state index contributed by atoms with van der Waals surface area (Å²) in [5, 5.41) is 15.0. The highest BCUT2D eigenvalue weighted by Crippen LogP contribution is 2.51. The van der Waals surface area contributed by atoms with Crippen LogP contribution in [0.2, 0.25) is 0 Å². The van der Waals surface area contributed by atoms with Crippen LogP contribution in [0.5, 0.6) is 0 Å². The minimum atomic E-state index is -3.14. The van der Waals surface area contributed by atoms with E-state index in [2.05, 4.69) is 26.1 Å². The van der Waals surface area contributed by atoms with E-state index in [4.69, 9.17) is 0 Å². The standard InChI is InChI=1S/C21H23N7O2S/c22-5-4-21(7-14-10-27(11-15(14)8-21)31(29,30)17-1-2-17)28-12-16(9-26-28)19-18-3-6-23-20(18)25-13-24-19/h3,6,9,12-15,17H,1-2,4,7-8,10-11H2,(H,23,24,25)/t14-,15+,21-. The SMILES string of the molecule is N#CC[C@]1(n2cc(-c3ncnc4[nH]ccc34)cn2)C[C@H]2CN(S(=O)(=O)C3CC3)C[C@H]2C1. The molecule has 160 valence electrons. The van der Waals surface area contributed by atoms with Crippen LogP contribution in [0.3, 0.4) is 0 Å². The molecule has 31 heavy (non-hydrogen) atoms. The van der Waals surface area contributed by atoms with E-state index < -0.39 is 15.6 Å². The minimum absolute atomic E-state index is 0.165. The van der Waals surface area contributed by atoms with Crippen LogP contribution in [0.1, 0.15) is 32.1 Å². The number of aromatic amines is 1. The first kappa shape index (κ1) is 19.0. The maximum absolute atomic E-state index is 12.7. The fourth-order valence-corrected chi connectivity index (χ4v) is 7.52. The average molecular weight is 438 g/mol. The second kappa shape index (κ2) is 6.61. The van der Waals surface area contributed by atoms with E-state index >= 15 is 0 Å². The van der Waals surface area contributed by atoms with Crippen molar-refractivity contribution in [2.24, 2.45) is 11.8 Å². The average Bonchev–Trinajstić information content (AvgIpc) is 3.11. The molecule has 10 heteroatoms. The predicted molar refractivity (Wildman–Crippen MR) is 113 cm³/mol. The lowest BCUT2D eigenvalue weighted by Crippen LogP contribution is -2.37. The molecule has 1 N–H and O–H groups in total. The summed E-state index contributed by atoms with van der Waals surface area (Å²) in [6.07, 6.45) is 10.6. The van der Waals surface area contributed by atoms with Crippen molar-refractivity contribution in [1.29, 1.82) is 5.26 Å². The second-order valence-electron chi connectivity index (χ2n) is 9.18. The molecule has 9 nitrogen and oxygen atoms in total. The minimum Gasteiger partial charge on any atom is -0.346 e. The third-order valence-electron chi connectivity index (χ3n) is 7.24. The number of nitriles is 1. The van der Waals surface area contributed by atoms with Gasteiger partial charge in [-0.2, -0.15) is 10.4 Å². The Labute approximate surface area is 180 Å². The van der Waals surface area contributed by atoms with Crippen LogP contribution < -0.4 is 0 Å². The van der Waals surface area contributed by atoms with E-state index in [9.17, 15) is 13.7 Å². The number of aromatic nitrogens is 5. The predicted octanol–water partition coefficient (Wildman–Crippen LogP) is 2.26. The molecule has 0 spiro atoms. The molecular formula is C21H23N7O2S. The molecule has 0 aromatic carbocycles. The third-order valence-corrected chi connectivity index (χ3v) is 9.57. The van der Waals surface area contributed by atoms with E-state index in [0.29, 0.717) is 19.5 Å². The zero-order valence-electron chi connectivity index (χ0n) is 17.0. The monoisotopic (exact) mass is 437 g/mol. The smallest absolute Gasteiger partial charge is 0.216 e. The quantitative estimate of drug-likeness (QED) is 0.654. The molecule has 0 radical (unpaired) electrons. The number of sulfonamides is 1. The van der Waals surface area contributed by atoms with Crippen LogP contribution in [-0.4, -0.2) is 55.8 Å². The van der Waals surface area contributed by atoms with Crippen molar-refractivity contribution in [3.8, 4) is 17.3 Å². The third kappa shape index (κ3) is 2.91. The van der Waals surface area contributed by atoms with Gasteiger partial charge in [-0.1, -0.05) is 0 Å². The summed E-state index contributed by atoms with van der Waals surface area (Å²) in [5.41, 5.74) is 2.07. The summed E-state index contributed by atoms with van der Waals surface area (Å²) in [4.78, 5) is 11.8. The number of H-pyrrole nitrogens is 1. The van der Waals surface area contributed by atoms with Gasteiger partial charge in [0.25, 0.3) is 0 Å². The molecule has 3 aromatic heterocycles. The first-order chi connectivity index (χ1) is 15.0. The molecule has 2 saturated carbocycles. The topological polar surface area (TPSA) is 121 Å². The van der Waals surface area contributed by atoms with E-state index in [1.165, 1.54) is 6.33 Å². The van der Waals surface area contributed by atoms with Crippen molar-refractivity contribution in [3.05, 3.63) is 31.0 Å². The Morgan fingerprint density at radius 1 is 1.23 bits per heavy atom. The maximum atomic E-state index is 12.7. The van der Waals surface area contributed by atoms with Gasteiger partial charge in [0.05, 0.1) is 35.2 Å². The molecule has 3 aromatic rings. The second-order valence-corrected chi connectivity index (χ2v) is 11.4. The van der Waals surface area contributed by atoms with Crippen molar-refractivity contribution < 1.29 is 8.42 Å². The molecule has 0 unspecified atom stereocenters. The lowest BCUT2D eigenvalue weighted by Gasteiger charge is -2.29. The van der Waals surface area contributed by atoms with Gasteiger partial charge in [-0.3, -0.25) is 4.68 Å². The van der Waals surface area contributed by atoms with Crippen molar-refractivity contribution in [2.75, 3.05) is 13.1 Å². The van der Waals surface area contributed by atoms with Crippen LogP contribution in [0.4, 0.5) is 0 Å². The van der Waals surface area contributed by atoms with Crippen LogP contribution >= 0.6 is 0 Å². The van der Waals surface area contributed by atoms with Crippen molar-refractivity contribution >= 4 is 21.1 Å². The van der Waals surface area contributed by atoms with Crippen LogP contribution in [0.25, 0.3) is 22.3 Å². The summed E-state index contributed by atoms with van der Waals surface area (Å²) in [6, 6.07) is 4.31. The van der Waals surface area contributed by atoms with Crippen molar-refractivity contribution in [1.82, 2.24) is 29.0 Å². The summed E-state index contributed by atoms with van der Waals surface area (Å²) in [6.45, 7) is 1.14. The first-order valence-electron chi connectivity index (χ1n) is 10.7. The summed E-state index contributed by atoms with van der Waals surface area (Å²) in [5.74, 6) is 0.537. The van der Waals surface area contributed by atoms with Gasteiger partial charge in [-0.25, -0.2) is 22.7 Å². The zero-order valence-corrected chi connectivity index (χ0v) is 17.8. The first-order valence-corrected chi connectivity index (χ1v) is 12.2. The maximum Gasteiger partial charge on any atom is 0.216 e. The van der Waals surface area contributed by atoms with Gasteiger partial charge in [-0.15, -0.1) is 0 Å². The molecule has 3 atom stereocenters. The van der Waals surface area contributed by atoms with Crippen LogP contribution in [0.15, 0.2) is 31.0 Å². The molecule has 4 heterocycles. The highest BCUT2D eigenvalue weighted by Gasteiger charge is 2.54. The number of fused-ring (bicyclic) bond motifs is 2. The molecule has 2 aliphatic carbocycles. The molecule has 3 aliphatic rings. The fourth-order valence-electron chi connectivity index (χ4n) is 5.57. The molecule has 1 aliphatic heterocycles. The Hall–Kier alpha value is -2.77. The van der Waals surface area contributed by atoms with Crippen LogP contribution in [-0.2, 0) is 15.6 Å². The Morgan fingerprint density at radius 2 is 2.00 bits per heavy atom. The van der Waals surface area contributed by atoms with Crippen LogP contribution in [0, 0.1) is 23.2 Å². The summed E-state index contributed by atoms with van der Waals surface area (Å²) < 4.78 is 29.0. The van der Waals surface area contributed by atoms with E-state index in [-0.39, 0.29) is 17.1 Å². The van der Waals surface area contributed by atoms with Gasteiger partial charge < -0.3 is 4.98 Å². The molecule has 1 saturated heterocycles. The number of nitrogens with zero attached hydrogens (tertiary/aromatic N) is 6. The largest absolute Gasteiger partial charge is 0.346 e. The van der Waals surface area contributed by atoms with Gasteiger partial charge in [-0.05, 0) is 43.6 Å². The lowest BCUT2D eigenvalue weighted by molar-refractivity contribution is 0.240. The van der Waals surface area contributed by atoms with Gasteiger partial charge in [0.15, 0.2) is 0 Å². The highest BCUT2D eigenvalue weighted by molar-refractivity contribution is 7.90. The zero-order chi connectivity index (χ0) is 21.2. The Bertz CT molecular complexity index is 1290. The van der Waals surface area contributed by atoms with Gasteiger partial charge in [0.2, 0.25) is 10.0 Å². The lowest BCUT2D eigenvalue weighted by atomic mass is 9.92. The van der Waals surface area contributed by atoms with E-state index in [0.717, 1.165) is 48.0 Å². The Kier molecular flexibility index (Phi) is 4.04. The molecular weight excluding hydrogens is 414 g/mol. The summed E-state index contributed by atoms with van der Waals surface area (Å²) >= 11 is 0. The molecule has 6 rings (SSSR count). The van der Waals surface area contributed by atoms with E-state index in [1.54, 1.807) is 10.5 Å². The Morgan fingerprint density at radius 3 is 2.71 bits per heavy atom. The number of rotatable bonds is 5. The normalized spacial score (nSPS) is 28.7. The van der Waals surface area contributed by atoms with Crippen molar-refractivity contribution in [3.63, 3.8) is 0 Å². The van der Waals surface area contributed by atoms with Gasteiger partial charge in [0, 0.05) is 36.4 Å². The Balaban J connectivity index is 1.29. The molecule has 3 fully saturated rings. The molecule has 0 bridgehead atoms. The fraction of sp³-hybridized carbons (Fsp3) is 0.524. The van der Waals surface area contributed by atoms with Crippen molar-refractivity contribution in [2.45, 2.75) is 42.9 Å². The number of nitrogens with one attached hydrogen (secondary N) is 1. The van der Waals surface area contributed by atoms with Gasteiger partial charge in [0.1, 0.15) is 12.0 Å². The molecule has 0 amide bonds. The number of hydrogen-bond donors (Lipinski definition) is 1.